The zero-order chi connectivity index (χ0) is 13.8. The summed E-state index contributed by atoms with van der Waals surface area (Å²) in [7, 11) is 0. The first kappa shape index (κ1) is 13.4. The van der Waals surface area contributed by atoms with Crippen LogP contribution in [-0.4, -0.2) is 10.0 Å². The Morgan fingerprint density at radius 2 is 1.89 bits per heavy atom. The lowest BCUT2D eigenvalue weighted by molar-refractivity contribution is -0.384. The predicted octanol–water partition coefficient (Wildman–Crippen LogP) is 3.82. The fourth-order valence-electron chi connectivity index (χ4n) is 1.82. The van der Waals surface area contributed by atoms with Gasteiger partial charge in [-0.1, -0.05) is 30.3 Å². The van der Waals surface area contributed by atoms with E-state index in [1.54, 1.807) is 0 Å². The monoisotopic (exact) mass is 277 g/mol. The Balaban J connectivity index is 2.23. The van der Waals surface area contributed by atoms with E-state index >= 15 is 0 Å². The van der Waals surface area contributed by atoms with Crippen molar-refractivity contribution in [1.82, 2.24) is 0 Å². The number of non-ortho nitro benzene ring substituents is 1. The minimum atomic E-state index is -0.491. The third-order valence-corrected chi connectivity index (χ3v) is 3.24. The van der Waals surface area contributed by atoms with Gasteiger partial charge in [0.2, 0.25) is 0 Å². The van der Waals surface area contributed by atoms with Crippen LogP contribution >= 0.6 is 11.6 Å². The Labute approximate surface area is 115 Å². The lowest BCUT2D eigenvalue weighted by Crippen LogP contribution is -1.97. The quantitative estimate of drug-likeness (QED) is 0.525. The van der Waals surface area contributed by atoms with Gasteiger partial charge in [0.15, 0.2) is 0 Å². The van der Waals surface area contributed by atoms with Gasteiger partial charge in [0, 0.05) is 17.7 Å². The Hall–Kier alpha value is -2.07. The normalized spacial score (nSPS) is 12.1. The van der Waals surface area contributed by atoms with Crippen molar-refractivity contribution in [2.24, 2.45) is 0 Å². The molecule has 0 bridgehead atoms. The fourth-order valence-corrected chi connectivity index (χ4v) is 2.13. The molecule has 2 aromatic rings. The summed E-state index contributed by atoms with van der Waals surface area (Å²) < 4.78 is 0. The molecule has 0 aliphatic rings. The summed E-state index contributed by atoms with van der Waals surface area (Å²) in [5, 5.41) is 20.1. The van der Waals surface area contributed by atoms with Crippen molar-refractivity contribution in [3.8, 4) is 5.75 Å². The molecule has 98 valence electrons. The van der Waals surface area contributed by atoms with Gasteiger partial charge in [-0.2, -0.15) is 0 Å². The highest BCUT2D eigenvalue weighted by atomic mass is 35.5. The van der Waals surface area contributed by atoms with E-state index in [1.165, 1.54) is 18.2 Å². The maximum absolute atomic E-state index is 10.7. The Morgan fingerprint density at radius 1 is 1.21 bits per heavy atom. The van der Waals surface area contributed by atoms with E-state index in [-0.39, 0.29) is 16.8 Å². The number of nitro groups is 1. The lowest BCUT2D eigenvalue weighted by atomic mass is 10.0. The molecule has 4 nitrogen and oxygen atoms in total. The second kappa shape index (κ2) is 5.71. The van der Waals surface area contributed by atoms with Crippen LogP contribution in [0.5, 0.6) is 5.75 Å². The summed E-state index contributed by atoms with van der Waals surface area (Å²) in [6.07, 6.45) is 0.332. The molecule has 0 saturated carbocycles. The van der Waals surface area contributed by atoms with E-state index in [1.807, 2.05) is 30.3 Å². The van der Waals surface area contributed by atoms with Crippen molar-refractivity contribution in [2.45, 2.75) is 11.8 Å². The molecule has 0 aromatic heterocycles. The first-order valence-corrected chi connectivity index (χ1v) is 6.17. The number of alkyl halides is 1. The molecule has 0 radical (unpaired) electrons. The van der Waals surface area contributed by atoms with Crippen LogP contribution in [0, 0.1) is 10.1 Å². The highest BCUT2D eigenvalue weighted by molar-refractivity contribution is 6.20. The van der Waals surface area contributed by atoms with E-state index < -0.39 is 4.92 Å². The number of hydrogen-bond acceptors (Lipinski definition) is 3. The molecular formula is C14H12ClNO3. The van der Waals surface area contributed by atoms with Gasteiger partial charge in [0.1, 0.15) is 5.75 Å². The molecule has 2 aromatic carbocycles. The number of hydrogen-bond donors (Lipinski definition) is 1. The topological polar surface area (TPSA) is 63.4 Å². The molecule has 5 heteroatoms. The van der Waals surface area contributed by atoms with E-state index in [4.69, 9.17) is 11.6 Å². The summed E-state index contributed by atoms with van der Waals surface area (Å²) in [6.45, 7) is 0. The molecule has 0 heterocycles. The number of benzene rings is 2. The van der Waals surface area contributed by atoms with Gasteiger partial charge in [0.05, 0.1) is 10.3 Å². The summed E-state index contributed by atoms with van der Waals surface area (Å²) in [4.78, 5) is 10.2. The standard InChI is InChI=1S/C14H12ClNO3/c15-13(10-4-2-1-3-5-10)9-11-8-12(16(18)19)6-7-14(11)17/h1-8,13,17H,9H2. The number of rotatable bonds is 4. The number of phenolic OH excluding ortho intramolecular Hbond substituents is 1. The SMILES string of the molecule is O=[N+]([O-])c1ccc(O)c(CC(Cl)c2ccccc2)c1. The zero-order valence-electron chi connectivity index (χ0n) is 9.99. The largest absolute Gasteiger partial charge is 0.508 e. The molecule has 0 aliphatic heterocycles. The van der Waals surface area contributed by atoms with Crippen molar-refractivity contribution >= 4 is 17.3 Å². The van der Waals surface area contributed by atoms with Gasteiger partial charge in [-0.05, 0) is 18.1 Å². The van der Waals surface area contributed by atoms with Crippen LogP contribution in [0.4, 0.5) is 5.69 Å². The number of phenols is 1. The summed E-state index contributed by atoms with van der Waals surface area (Å²) in [6, 6.07) is 13.3. The molecule has 0 spiro atoms. The molecule has 19 heavy (non-hydrogen) atoms. The van der Waals surface area contributed by atoms with E-state index in [2.05, 4.69) is 0 Å². The third kappa shape index (κ3) is 3.23. The summed E-state index contributed by atoms with van der Waals surface area (Å²) in [5.41, 5.74) is 1.33. The fraction of sp³-hybridized carbons (Fsp3) is 0.143. The molecule has 1 unspecified atom stereocenters. The lowest BCUT2D eigenvalue weighted by Gasteiger charge is -2.11. The van der Waals surface area contributed by atoms with Crippen molar-refractivity contribution in [3.05, 3.63) is 69.8 Å². The van der Waals surface area contributed by atoms with Crippen molar-refractivity contribution in [1.29, 1.82) is 0 Å². The van der Waals surface area contributed by atoms with Gasteiger partial charge >= 0.3 is 0 Å². The zero-order valence-corrected chi connectivity index (χ0v) is 10.7. The van der Waals surface area contributed by atoms with Crippen LogP contribution in [0.3, 0.4) is 0 Å². The van der Waals surface area contributed by atoms with Crippen molar-refractivity contribution in [3.63, 3.8) is 0 Å². The average Bonchev–Trinajstić information content (AvgIpc) is 2.42. The van der Waals surface area contributed by atoms with E-state index in [0.717, 1.165) is 5.56 Å². The first-order valence-electron chi connectivity index (χ1n) is 5.73. The minimum Gasteiger partial charge on any atom is -0.508 e. The highest BCUT2D eigenvalue weighted by Gasteiger charge is 2.15. The van der Waals surface area contributed by atoms with Gasteiger partial charge in [-0.25, -0.2) is 0 Å². The van der Waals surface area contributed by atoms with Crippen molar-refractivity contribution in [2.75, 3.05) is 0 Å². The maximum atomic E-state index is 10.7. The number of nitro benzene ring substituents is 1. The third-order valence-electron chi connectivity index (χ3n) is 2.83. The van der Waals surface area contributed by atoms with Crippen LogP contribution in [0.1, 0.15) is 16.5 Å². The highest BCUT2D eigenvalue weighted by Crippen LogP contribution is 2.30. The number of halogens is 1. The summed E-state index contributed by atoms with van der Waals surface area (Å²) in [5.74, 6) is 0.0205. The molecule has 1 atom stereocenters. The van der Waals surface area contributed by atoms with E-state index in [0.29, 0.717) is 12.0 Å². The van der Waals surface area contributed by atoms with Gasteiger partial charge in [0.25, 0.3) is 5.69 Å². The van der Waals surface area contributed by atoms with Crippen molar-refractivity contribution < 1.29 is 10.0 Å². The van der Waals surface area contributed by atoms with Crippen LogP contribution in [0.25, 0.3) is 0 Å². The Kier molecular flexibility index (Phi) is 4.02. The molecule has 1 N–H and O–H groups in total. The molecule has 0 saturated heterocycles. The second-order valence-electron chi connectivity index (χ2n) is 4.15. The number of nitrogens with zero attached hydrogens (tertiary/aromatic N) is 1. The van der Waals surface area contributed by atoms with Gasteiger partial charge < -0.3 is 5.11 Å². The van der Waals surface area contributed by atoms with Crippen LogP contribution in [0.15, 0.2) is 48.5 Å². The van der Waals surface area contributed by atoms with Gasteiger partial charge in [-0.15, -0.1) is 11.6 Å². The Bertz CT molecular complexity index is 586. The maximum Gasteiger partial charge on any atom is 0.269 e. The first-order chi connectivity index (χ1) is 9.08. The second-order valence-corrected chi connectivity index (χ2v) is 4.68. The van der Waals surface area contributed by atoms with Gasteiger partial charge in [-0.3, -0.25) is 10.1 Å². The average molecular weight is 278 g/mol. The minimum absolute atomic E-state index is 0.0205. The van der Waals surface area contributed by atoms with Crippen LogP contribution in [-0.2, 0) is 6.42 Å². The summed E-state index contributed by atoms with van der Waals surface area (Å²) >= 11 is 6.26. The molecule has 0 aliphatic carbocycles. The van der Waals surface area contributed by atoms with E-state index in [9.17, 15) is 15.2 Å². The predicted molar refractivity (Wildman–Crippen MR) is 73.5 cm³/mol. The molecular weight excluding hydrogens is 266 g/mol. The Morgan fingerprint density at radius 3 is 2.53 bits per heavy atom. The molecule has 0 fully saturated rings. The molecule has 0 amide bonds. The van der Waals surface area contributed by atoms with Crippen LogP contribution < -0.4 is 0 Å². The smallest absolute Gasteiger partial charge is 0.269 e. The molecule has 2 rings (SSSR count). The van der Waals surface area contributed by atoms with Crippen LogP contribution in [0.2, 0.25) is 0 Å². The number of aromatic hydroxyl groups is 1.